The molecule has 0 aromatic heterocycles. The molecule has 17 heavy (non-hydrogen) atoms. The predicted octanol–water partition coefficient (Wildman–Crippen LogP) is 4.47. The van der Waals surface area contributed by atoms with Gasteiger partial charge >= 0.3 is 0 Å². The monoisotopic (exact) mass is 239 g/mol. The van der Waals surface area contributed by atoms with Crippen LogP contribution in [0.4, 0.5) is 0 Å². The molecule has 1 N–H and O–H groups in total. The molecule has 1 saturated carbocycles. The fraction of sp³-hybridized carbons (Fsp3) is 1.00. The molecule has 0 saturated heterocycles. The first-order chi connectivity index (χ1) is 8.02. The van der Waals surface area contributed by atoms with Crippen molar-refractivity contribution in [2.24, 2.45) is 23.7 Å². The molecule has 0 spiro atoms. The predicted molar refractivity (Wildman–Crippen MR) is 77.2 cm³/mol. The molecule has 0 radical (unpaired) electrons. The van der Waals surface area contributed by atoms with Gasteiger partial charge in [0, 0.05) is 6.04 Å². The minimum Gasteiger partial charge on any atom is -0.314 e. The van der Waals surface area contributed by atoms with Crippen LogP contribution in [-0.4, -0.2) is 12.6 Å². The molecular weight excluding hydrogens is 206 g/mol. The van der Waals surface area contributed by atoms with Gasteiger partial charge in [-0.15, -0.1) is 0 Å². The Labute approximate surface area is 109 Å². The van der Waals surface area contributed by atoms with E-state index < -0.39 is 0 Å². The van der Waals surface area contributed by atoms with Crippen molar-refractivity contribution >= 4 is 0 Å². The zero-order chi connectivity index (χ0) is 12.8. The summed E-state index contributed by atoms with van der Waals surface area (Å²) >= 11 is 0. The van der Waals surface area contributed by atoms with Crippen molar-refractivity contribution in [2.45, 2.75) is 72.8 Å². The normalized spacial score (nSPS) is 28.6. The van der Waals surface area contributed by atoms with Crippen LogP contribution >= 0.6 is 0 Å². The molecule has 0 heterocycles. The zero-order valence-corrected chi connectivity index (χ0v) is 12.6. The molecule has 0 amide bonds. The first kappa shape index (κ1) is 15.0. The maximum absolute atomic E-state index is 3.75. The van der Waals surface area contributed by atoms with Crippen LogP contribution in [0, 0.1) is 23.7 Å². The van der Waals surface area contributed by atoms with Crippen LogP contribution < -0.4 is 5.32 Å². The minimum absolute atomic E-state index is 0.777. The quantitative estimate of drug-likeness (QED) is 0.691. The SMILES string of the molecule is CCNC(CC(C)CC(C)C)C1CCC(C)C1. The summed E-state index contributed by atoms with van der Waals surface area (Å²) in [6.45, 7) is 12.9. The Balaban J connectivity index is 2.42. The van der Waals surface area contributed by atoms with Gasteiger partial charge < -0.3 is 5.32 Å². The van der Waals surface area contributed by atoms with Crippen LogP contribution in [0.25, 0.3) is 0 Å². The molecule has 1 heteroatoms. The molecule has 1 aliphatic rings. The molecular formula is C16H33N. The van der Waals surface area contributed by atoms with Crippen LogP contribution in [0.3, 0.4) is 0 Å². The van der Waals surface area contributed by atoms with E-state index in [0.717, 1.165) is 36.3 Å². The van der Waals surface area contributed by atoms with Gasteiger partial charge in [-0.2, -0.15) is 0 Å². The lowest BCUT2D eigenvalue weighted by Gasteiger charge is -2.28. The average molecular weight is 239 g/mol. The molecule has 0 aromatic rings. The van der Waals surface area contributed by atoms with E-state index in [1.807, 2.05) is 0 Å². The van der Waals surface area contributed by atoms with Crippen LogP contribution in [-0.2, 0) is 0 Å². The van der Waals surface area contributed by atoms with E-state index in [4.69, 9.17) is 0 Å². The summed E-state index contributed by atoms with van der Waals surface area (Å²) in [6, 6.07) is 0.777. The molecule has 1 aliphatic carbocycles. The molecule has 1 fully saturated rings. The highest BCUT2D eigenvalue weighted by atomic mass is 14.9. The van der Waals surface area contributed by atoms with Crippen molar-refractivity contribution in [3.8, 4) is 0 Å². The summed E-state index contributed by atoms with van der Waals surface area (Å²) < 4.78 is 0. The number of hydrogen-bond acceptors (Lipinski definition) is 1. The second-order valence-corrected chi connectivity index (χ2v) is 6.81. The van der Waals surface area contributed by atoms with Gasteiger partial charge in [0.1, 0.15) is 0 Å². The van der Waals surface area contributed by atoms with E-state index in [0.29, 0.717) is 0 Å². The summed E-state index contributed by atoms with van der Waals surface area (Å²) in [5.74, 6) is 3.62. The Morgan fingerprint density at radius 1 is 1.12 bits per heavy atom. The van der Waals surface area contributed by atoms with E-state index in [9.17, 15) is 0 Å². The molecule has 1 nitrogen and oxygen atoms in total. The summed E-state index contributed by atoms with van der Waals surface area (Å²) in [4.78, 5) is 0. The smallest absolute Gasteiger partial charge is 0.00978 e. The Morgan fingerprint density at radius 2 is 1.82 bits per heavy atom. The topological polar surface area (TPSA) is 12.0 Å². The molecule has 0 bridgehead atoms. The second kappa shape index (κ2) is 7.41. The molecule has 102 valence electrons. The maximum Gasteiger partial charge on any atom is 0.00978 e. The van der Waals surface area contributed by atoms with E-state index in [2.05, 4.69) is 39.9 Å². The van der Waals surface area contributed by atoms with E-state index in [1.54, 1.807) is 0 Å². The van der Waals surface area contributed by atoms with Gasteiger partial charge in [0.2, 0.25) is 0 Å². The van der Waals surface area contributed by atoms with Crippen LogP contribution in [0.1, 0.15) is 66.7 Å². The Morgan fingerprint density at radius 3 is 2.29 bits per heavy atom. The number of nitrogens with one attached hydrogen (secondary N) is 1. The fourth-order valence-electron chi connectivity index (χ4n) is 3.66. The highest BCUT2D eigenvalue weighted by Crippen LogP contribution is 2.35. The lowest BCUT2D eigenvalue weighted by Crippen LogP contribution is -2.36. The Kier molecular flexibility index (Phi) is 6.54. The third-order valence-corrected chi connectivity index (χ3v) is 4.30. The van der Waals surface area contributed by atoms with Crippen molar-refractivity contribution in [1.29, 1.82) is 0 Å². The lowest BCUT2D eigenvalue weighted by molar-refractivity contribution is 0.281. The third-order valence-electron chi connectivity index (χ3n) is 4.30. The summed E-state index contributed by atoms with van der Waals surface area (Å²) in [5.41, 5.74) is 0. The van der Waals surface area contributed by atoms with Crippen LogP contribution in [0.15, 0.2) is 0 Å². The van der Waals surface area contributed by atoms with Gasteiger partial charge in [0.15, 0.2) is 0 Å². The van der Waals surface area contributed by atoms with Gasteiger partial charge in [-0.05, 0) is 55.9 Å². The van der Waals surface area contributed by atoms with Gasteiger partial charge in [-0.3, -0.25) is 0 Å². The van der Waals surface area contributed by atoms with Crippen LogP contribution in [0.5, 0.6) is 0 Å². The van der Waals surface area contributed by atoms with Crippen molar-refractivity contribution < 1.29 is 0 Å². The molecule has 1 rings (SSSR count). The van der Waals surface area contributed by atoms with Crippen molar-refractivity contribution in [3.05, 3.63) is 0 Å². The Bertz CT molecular complexity index is 200. The number of hydrogen-bond donors (Lipinski definition) is 1. The standard InChI is InChI=1S/C16H33N/c1-6-17-16(11-14(5)9-12(2)3)15-8-7-13(4)10-15/h12-17H,6-11H2,1-5H3. The van der Waals surface area contributed by atoms with Crippen molar-refractivity contribution in [2.75, 3.05) is 6.54 Å². The van der Waals surface area contributed by atoms with Gasteiger partial charge in [0.25, 0.3) is 0 Å². The summed E-state index contributed by atoms with van der Waals surface area (Å²) in [7, 11) is 0. The Hall–Kier alpha value is -0.0400. The third kappa shape index (κ3) is 5.42. The van der Waals surface area contributed by atoms with Gasteiger partial charge in [0.05, 0.1) is 0 Å². The van der Waals surface area contributed by atoms with Gasteiger partial charge in [-0.25, -0.2) is 0 Å². The van der Waals surface area contributed by atoms with Gasteiger partial charge in [-0.1, -0.05) is 41.0 Å². The first-order valence-corrected chi connectivity index (χ1v) is 7.76. The second-order valence-electron chi connectivity index (χ2n) is 6.81. The van der Waals surface area contributed by atoms with Crippen molar-refractivity contribution in [1.82, 2.24) is 5.32 Å². The minimum atomic E-state index is 0.777. The van der Waals surface area contributed by atoms with E-state index >= 15 is 0 Å². The summed E-state index contributed by atoms with van der Waals surface area (Å²) in [6.07, 6.45) is 7.11. The largest absolute Gasteiger partial charge is 0.314 e. The average Bonchev–Trinajstić information content (AvgIpc) is 2.63. The van der Waals surface area contributed by atoms with E-state index in [1.165, 1.54) is 32.1 Å². The lowest BCUT2D eigenvalue weighted by atomic mass is 9.86. The summed E-state index contributed by atoms with van der Waals surface area (Å²) in [5, 5.41) is 3.75. The highest BCUT2D eigenvalue weighted by Gasteiger charge is 2.29. The first-order valence-electron chi connectivity index (χ1n) is 7.76. The van der Waals surface area contributed by atoms with Crippen molar-refractivity contribution in [3.63, 3.8) is 0 Å². The highest BCUT2D eigenvalue weighted by molar-refractivity contribution is 4.84. The molecule has 4 atom stereocenters. The molecule has 0 aliphatic heterocycles. The molecule has 4 unspecified atom stereocenters. The fourth-order valence-corrected chi connectivity index (χ4v) is 3.66. The zero-order valence-electron chi connectivity index (χ0n) is 12.6. The number of rotatable bonds is 7. The van der Waals surface area contributed by atoms with E-state index in [-0.39, 0.29) is 0 Å². The molecule has 0 aromatic carbocycles. The van der Waals surface area contributed by atoms with Crippen LogP contribution in [0.2, 0.25) is 0 Å². The maximum atomic E-state index is 3.75.